The molecule has 1 unspecified atom stereocenters. The summed E-state index contributed by atoms with van der Waals surface area (Å²) in [7, 11) is 0. The number of aromatic hydroxyl groups is 1. The Kier molecular flexibility index (Phi) is 2.15. The van der Waals surface area contributed by atoms with Crippen LogP contribution >= 0.6 is 0 Å². The van der Waals surface area contributed by atoms with E-state index in [1.807, 2.05) is 0 Å². The first-order chi connectivity index (χ1) is 8.61. The Bertz CT molecular complexity index is 664. The molecule has 0 spiro atoms. The highest BCUT2D eigenvalue weighted by atomic mass is 16.3. The van der Waals surface area contributed by atoms with E-state index < -0.39 is 6.10 Å². The average Bonchev–Trinajstić information content (AvgIpc) is 2.38. The van der Waals surface area contributed by atoms with Gasteiger partial charge in [-0.2, -0.15) is 0 Å². The van der Waals surface area contributed by atoms with Crippen LogP contribution in [-0.4, -0.2) is 16.0 Å². The van der Waals surface area contributed by atoms with Crippen LogP contribution in [-0.2, 0) is 0 Å². The van der Waals surface area contributed by atoms with Crippen molar-refractivity contribution in [1.29, 1.82) is 0 Å². The highest BCUT2D eigenvalue weighted by Gasteiger charge is 2.33. The standard InChI is InChI=1S/C14H11NO3/c15-9-5-6-10(16)12-11(9)13(17)7-3-1-2-4-8(7)14(12)18/h1-6,14,16,18H,15H2. The second-order valence-corrected chi connectivity index (χ2v) is 4.28. The van der Waals surface area contributed by atoms with E-state index >= 15 is 0 Å². The van der Waals surface area contributed by atoms with Crippen LogP contribution in [0.2, 0.25) is 0 Å². The Morgan fingerprint density at radius 1 is 1.11 bits per heavy atom. The zero-order valence-corrected chi connectivity index (χ0v) is 9.42. The molecule has 0 heterocycles. The van der Waals surface area contributed by atoms with Crippen LogP contribution in [0.1, 0.15) is 33.2 Å². The number of rotatable bonds is 0. The number of benzene rings is 2. The first kappa shape index (κ1) is 10.8. The third-order valence-corrected chi connectivity index (χ3v) is 3.26. The minimum Gasteiger partial charge on any atom is -0.508 e. The maximum absolute atomic E-state index is 12.3. The van der Waals surface area contributed by atoms with Crippen LogP contribution in [0, 0.1) is 0 Å². The minimum absolute atomic E-state index is 0.116. The number of nitrogens with two attached hydrogens (primary N) is 1. The molecule has 4 N–H and O–H groups in total. The molecule has 0 amide bonds. The van der Waals surface area contributed by atoms with Crippen molar-refractivity contribution in [1.82, 2.24) is 0 Å². The molecule has 0 bridgehead atoms. The third kappa shape index (κ3) is 1.26. The molecule has 0 radical (unpaired) electrons. The third-order valence-electron chi connectivity index (χ3n) is 3.26. The van der Waals surface area contributed by atoms with Gasteiger partial charge in [0.2, 0.25) is 0 Å². The van der Waals surface area contributed by atoms with Gasteiger partial charge in [0.05, 0.1) is 5.56 Å². The number of nitrogen functional groups attached to an aromatic ring is 1. The van der Waals surface area contributed by atoms with Crippen molar-refractivity contribution in [2.24, 2.45) is 0 Å². The summed E-state index contributed by atoms with van der Waals surface area (Å²) in [6.45, 7) is 0. The molecule has 4 nitrogen and oxygen atoms in total. The van der Waals surface area contributed by atoms with Gasteiger partial charge in [-0.25, -0.2) is 0 Å². The molecule has 0 fully saturated rings. The number of carbonyl (C=O) groups is 1. The second-order valence-electron chi connectivity index (χ2n) is 4.28. The summed E-state index contributed by atoms with van der Waals surface area (Å²) in [5, 5.41) is 20.1. The van der Waals surface area contributed by atoms with Gasteiger partial charge in [0.25, 0.3) is 0 Å². The smallest absolute Gasteiger partial charge is 0.196 e. The van der Waals surface area contributed by atoms with Crippen LogP contribution in [0.3, 0.4) is 0 Å². The molecule has 0 saturated heterocycles. The lowest BCUT2D eigenvalue weighted by atomic mass is 9.82. The Balaban J connectivity index is 2.37. The summed E-state index contributed by atoms with van der Waals surface area (Å²) in [5.74, 6) is -0.381. The molecule has 4 heteroatoms. The van der Waals surface area contributed by atoms with Gasteiger partial charge in [0.15, 0.2) is 5.78 Å². The molecule has 1 aliphatic carbocycles. The lowest BCUT2D eigenvalue weighted by molar-refractivity contribution is 0.101. The van der Waals surface area contributed by atoms with Crippen LogP contribution in [0.25, 0.3) is 0 Å². The summed E-state index contributed by atoms with van der Waals surface area (Å²) in [4.78, 5) is 12.3. The van der Waals surface area contributed by atoms with Gasteiger partial charge in [0, 0.05) is 16.8 Å². The average molecular weight is 241 g/mol. The largest absolute Gasteiger partial charge is 0.508 e. The number of phenols is 1. The molecule has 0 aliphatic heterocycles. The first-order valence-corrected chi connectivity index (χ1v) is 5.54. The summed E-state index contributed by atoms with van der Waals surface area (Å²) in [6.07, 6.45) is -1.03. The molecule has 2 aromatic carbocycles. The van der Waals surface area contributed by atoms with Crippen LogP contribution in [0.4, 0.5) is 5.69 Å². The van der Waals surface area contributed by atoms with Gasteiger partial charge in [0.1, 0.15) is 11.9 Å². The van der Waals surface area contributed by atoms with Crippen LogP contribution in [0.5, 0.6) is 5.75 Å². The van der Waals surface area contributed by atoms with Gasteiger partial charge in [-0.1, -0.05) is 24.3 Å². The molecule has 18 heavy (non-hydrogen) atoms. The Hall–Kier alpha value is -2.33. The van der Waals surface area contributed by atoms with Crippen molar-refractivity contribution >= 4 is 11.5 Å². The van der Waals surface area contributed by atoms with Gasteiger partial charge in [-0.3, -0.25) is 4.79 Å². The van der Waals surface area contributed by atoms with Crippen LogP contribution in [0.15, 0.2) is 36.4 Å². The Morgan fingerprint density at radius 3 is 2.61 bits per heavy atom. The Labute approximate surface area is 103 Å². The molecule has 3 rings (SSSR count). The predicted molar refractivity (Wildman–Crippen MR) is 66.5 cm³/mol. The number of ketones is 1. The van der Waals surface area contributed by atoms with Gasteiger partial charge in [-0.15, -0.1) is 0 Å². The molecule has 1 aliphatic rings. The minimum atomic E-state index is -1.03. The molecular formula is C14H11NO3. The topological polar surface area (TPSA) is 83.5 Å². The van der Waals surface area contributed by atoms with Crippen molar-refractivity contribution in [3.63, 3.8) is 0 Å². The SMILES string of the molecule is Nc1ccc(O)c2c1C(=O)c1ccccc1C2O. The number of hydrogen-bond acceptors (Lipinski definition) is 4. The number of carbonyl (C=O) groups excluding carboxylic acids is 1. The van der Waals surface area contributed by atoms with E-state index in [0.29, 0.717) is 11.1 Å². The molecule has 1 atom stereocenters. The monoisotopic (exact) mass is 241 g/mol. The van der Waals surface area contributed by atoms with Crippen molar-refractivity contribution in [3.05, 3.63) is 58.7 Å². The van der Waals surface area contributed by atoms with Crippen molar-refractivity contribution in [2.75, 3.05) is 5.73 Å². The second kappa shape index (κ2) is 3.58. The summed E-state index contributed by atoms with van der Waals surface area (Å²) >= 11 is 0. The van der Waals surface area contributed by atoms with Crippen LogP contribution < -0.4 is 5.73 Å². The van der Waals surface area contributed by atoms with Crippen molar-refractivity contribution in [2.45, 2.75) is 6.10 Å². The van der Waals surface area contributed by atoms with Gasteiger partial charge >= 0.3 is 0 Å². The normalized spacial score (nSPS) is 17.2. The van der Waals surface area contributed by atoms with E-state index in [1.54, 1.807) is 24.3 Å². The fourth-order valence-corrected chi connectivity index (χ4v) is 2.39. The highest BCUT2D eigenvalue weighted by Crippen LogP contribution is 2.41. The van der Waals surface area contributed by atoms with E-state index in [1.165, 1.54) is 12.1 Å². The maximum Gasteiger partial charge on any atom is 0.196 e. The number of anilines is 1. The molecular weight excluding hydrogens is 230 g/mol. The number of phenolic OH excluding ortho intramolecular Hbond substituents is 1. The first-order valence-electron chi connectivity index (χ1n) is 5.54. The lowest BCUT2D eigenvalue weighted by Crippen LogP contribution is -2.21. The van der Waals surface area contributed by atoms with E-state index in [4.69, 9.17) is 5.73 Å². The number of fused-ring (bicyclic) bond motifs is 2. The lowest BCUT2D eigenvalue weighted by Gasteiger charge is -2.25. The number of hydrogen-bond donors (Lipinski definition) is 3. The van der Waals surface area contributed by atoms with E-state index in [-0.39, 0.29) is 28.3 Å². The summed E-state index contributed by atoms with van der Waals surface area (Å²) < 4.78 is 0. The summed E-state index contributed by atoms with van der Waals surface area (Å²) in [5.41, 5.74) is 7.35. The van der Waals surface area contributed by atoms with Gasteiger partial charge < -0.3 is 15.9 Å². The van der Waals surface area contributed by atoms with E-state index in [9.17, 15) is 15.0 Å². The Morgan fingerprint density at radius 2 is 1.83 bits per heavy atom. The van der Waals surface area contributed by atoms with E-state index in [2.05, 4.69) is 0 Å². The fraction of sp³-hybridized carbons (Fsp3) is 0.0714. The fourth-order valence-electron chi connectivity index (χ4n) is 2.39. The highest BCUT2D eigenvalue weighted by molar-refractivity contribution is 6.16. The molecule has 0 aromatic heterocycles. The molecule has 0 saturated carbocycles. The number of aliphatic hydroxyl groups excluding tert-OH is 1. The molecule has 90 valence electrons. The quantitative estimate of drug-likeness (QED) is 0.483. The number of aliphatic hydroxyl groups is 1. The predicted octanol–water partition coefficient (Wildman–Crippen LogP) is 1.60. The van der Waals surface area contributed by atoms with Crippen molar-refractivity contribution in [3.8, 4) is 5.75 Å². The summed E-state index contributed by atoms with van der Waals surface area (Å²) in [6, 6.07) is 9.64. The van der Waals surface area contributed by atoms with Gasteiger partial charge in [-0.05, 0) is 17.7 Å². The maximum atomic E-state index is 12.3. The molecule has 2 aromatic rings. The van der Waals surface area contributed by atoms with E-state index in [0.717, 1.165) is 0 Å². The zero-order valence-electron chi connectivity index (χ0n) is 9.42. The van der Waals surface area contributed by atoms with Crippen molar-refractivity contribution < 1.29 is 15.0 Å². The zero-order chi connectivity index (χ0) is 12.9.